The summed E-state index contributed by atoms with van der Waals surface area (Å²) in [5, 5.41) is 9.93. The van der Waals surface area contributed by atoms with Crippen LogP contribution in [0.1, 0.15) is 28.4 Å². The molecule has 0 radical (unpaired) electrons. The van der Waals surface area contributed by atoms with Gasteiger partial charge in [-0.3, -0.25) is 0 Å². The van der Waals surface area contributed by atoms with Gasteiger partial charge in [-0.2, -0.15) is 0 Å². The van der Waals surface area contributed by atoms with Crippen LogP contribution in [-0.4, -0.2) is 15.1 Å². The number of phenolic OH excluding ortho intramolecular Hbond substituents is 1. The minimum atomic E-state index is 0.0268. The first kappa shape index (κ1) is 13.2. The summed E-state index contributed by atoms with van der Waals surface area (Å²) in [4.78, 5) is 8.27. The number of benzene rings is 2. The molecule has 22 heavy (non-hydrogen) atoms. The van der Waals surface area contributed by atoms with Crippen molar-refractivity contribution in [2.75, 3.05) is 0 Å². The van der Waals surface area contributed by atoms with E-state index in [1.165, 1.54) is 0 Å². The maximum Gasteiger partial charge on any atom is 0.129 e. The SMILES string of the molecule is Oc1ccc2c(c1S)C=C(c1ccccc1)C2c1ncc[nH]1. The van der Waals surface area contributed by atoms with E-state index in [4.69, 9.17) is 0 Å². The fourth-order valence-electron chi connectivity index (χ4n) is 3.03. The van der Waals surface area contributed by atoms with Crippen LogP contribution < -0.4 is 0 Å². The predicted molar refractivity (Wildman–Crippen MR) is 90.1 cm³/mol. The number of aromatic amines is 1. The zero-order chi connectivity index (χ0) is 15.1. The molecule has 2 aromatic carbocycles. The second kappa shape index (κ2) is 5.07. The number of hydrogen-bond acceptors (Lipinski definition) is 3. The molecule has 0 amide bonds. The molecule has 3 aromatic rings. The van der Waals surface area contributed by atoms with Crippen molar-refractivity contribution < 1.29 is 5.11 Å². The Morgan fingerprint density at radius 3 is 2.64 bits per heavy atom. The fourth-order valence-corrected chi connectivity index (χ4v) is 3.30. The van der Waals surface area contributed by atoms with Crippen molar-refractivity contribution >= 4 is 24.3 Å². The number of aromatic hydroxyl groups is 1. The number of H-pyrrole nitrogens is 1. The van der Waals surface area contributed by atoms with Crippen molar-refractivity contribution in [3.05, 3.63) is 77.4 Å². The minimum absolute atomic E-state index is 0.0268. The number of phenols is 1. The van der Waals surface area contributed by atoms with E-state index >= 15 is 0 Å². The topological polar surface area (TPSA) is 48.9 Å². The van der Waals surface area contributed by atoms with Gasteiger partial charge < -0.3 is 10.1 Å². The van der Waals surface area contributed by atoms with Gasteiger partial charge in [-0.25, -0.2) is 4.98 Å². The molecule has 0 aliphatic heterocycles. The third-order valence-electron chi connectivity index (χ3n) is 4.05. The summed E-state index contributed by atoms with van der Waals surface area (Å²) in [6, 6.07) is 13.9. The highest BCUT2D eigenvalue weighted by molar-refractivity contribution is 7.80. The molecule has 3 nitrogen and oxygen atoms in total. The molecule has 0 saturated carbocycles. The predicted octanol–water partition coefficient (Wildman–Crippen LogP) is 4.09. The highest BCUT2D eigenvalue weighted by Gasteiger charge is 2.31. The number of hydrogen-bond donors (Lipinski definition) is 3. The Balaban J connectivity index is 1.95. The summed E-state index contributed by atoms with van der Waals surface area (Å²) < 4.78 is 0. The highest BCUT2D eigenvalue weighted by atomic mass is 32.1. The standard InChI is InChI=1S/C18H14N2OS/c21-15-7-6-12-14(17(15)22)10-13(11-4-2-1-3-5-11)16(12)18-19-8-9-20-18/h1-10,16,21-22H,(H,19,20). The number of nitrogens with one attached hydrogen (secondary N) is 1. The lowest BCUT2D eigenvalue weighted by atomic mass is 9.90. The number of imidazole rings is 1. The van der Waals surface area contributed by atoms with E-state index in [1.54, 1.807) is 12.3 Å². The third kappa shape index (κ3) is 1.96. The van der Waals surface area contributed by atoms with Gasteiger partial charge in [0.1, 0.15) is 11.6 Å². The first-order chi connectivity index (χ1) is 10.8. The van der Waals surface area contributed by atoms with Crippen LogP contribution in [0.5, 0.6) is 5.75 Å². The lowest BCUT2D eigenvalue weighted by molar-refractivity contribution is 0.462. The molecule has 1 aromatic heterocycles. The summed E-state index contributed by atoms with van der Waals surface area (Å²) in [5.41, 5.74) is 4.37. The van der Waals surface area contributed by atoms with E-state index in [1.807, 2.05) is 30.5 Å². The summed E-state index contributed by atoms with van der Waals surface area (Å²) in [6.45, 7) is 0. The van der Waals surface area contributed by atoms with Crippen molar-refractivity contribution in [1.29, 1.82) is 0 Å². The quantitative estimate of drug-likeness (QED) is 0.625. The van der Waals surface area contributed by atoms with Gasteiger partial charge in [-0.1, -0.05) is 36.4 Å². The van der Waals surface area contributed by atoms with Gasteiger partial charge in [0.15, 0.2) is 0 Å². The average Bonchev–Trinajstić information content (AvgIpc) is 3.19. The molecule has 4 heteroatoms. The Morgan fingerprint density at radius 2 is 1.91 bits per heavy atom. The van der Waals surface area contributed by atoms with Crippen LogP contribution in [-0.2, 0) is 0 Å². The molecular formula is C18H14N2OS. The molecule has 1 aliphatic rings. The summed E-state index contributed by atoms with van der Waals surface area (Å²) >= 11 is 4.47. The van der Waals surface area contributed by atoms with Crippen LogP contribution in [0.2, 0.25) is 0 Å². The molecule has 1 atom stereocenters. The van der Waals surface area contributed by atoms with Crippen molar-refractivity contribution in [1.82, 2.24) is 9.97 Å². The Morgan fingerprint density at radius 1 is 1.09 bits per heavy atom. The summed E-state index contributed by atoms with van der Waals surface area (Å²) in [7, 11) is 0. The van der Waals surface area contributed by atoms with Crippen molar-refractivity contribution in [3.8, 4) is 5.75 Å². The van der Waals surface area contributed by atoms with Crippen LogP contribution in [0, 0.1) is 0 Å². The molecule has 0 spiro atoms. The zero-order valence-corrected chi connectivity index (χ0v) is 12.6. The molecular weight excluding hydrogens is 292 g/mol. The van der Waals surface area contributed by atoms with E-state index in [2.05, 4.69) is 40.8 Å². The van der Waals surface area contributed by atoms with Crippen LogP contribution in [0.15, 0.2) is 59.8 Å². The van der Waals surface area contributed by atoms with Crippen LogP contribution in [0.3, 0.4) is 0 Å². The molecule has 108 valence electrons. The van der Waals surface area contributed by atoms with Crippen LogP contribution >= 0.6 is 12.6 Å². The largest absolute Gasteiger partial charge is 0.507 e. The van der Waals surface area contributed by atoms with Gasteiger partial charge in [0, 0.05) is 12.4 Å². The molecule has 1 aliphatic carbocycles. The number of fused-ring (bicyclic) bond motifs is 1. The number of aromatic nitrogens is 2. The van der Waals surface area contributed by atoms with Gasteiger partial charge >= 0.3 is 0 Å². The number of rotatable bonds is 2. The van der Waals surface area contributed by atoms with Gasteiger partial charge in [-0.05, 0) is 34.4 Å². The lowest BCUT2D eigenvalue weighted by Crippen LogP contribution is -2.03. The third-order valence-corrected chi connectivity index (χ3v) is 4.52. The number of nitrogens with zero attached hydrogens (tertiary/aromatic N) is 1. The Kier molecular flexibility index (Phi) is 3.05. The van der Waals surface area contributed by atoms with Crippen molar-refractivity contribution in [2.24, 2.45) is 0 Å². The lowest BCUT2D eigenvalue weighted by Gasteiger charge is -2.15. The molecule has 0 saturated heterocycles. The van der Waals surface area contributed by atoms with E-state index < -0.39 is 0 Å². The van der Waals surface area contributed by atoms with Crippen molar-refractivity contribution in [2.45, 2.75) is 10.8 Å². The number of allylic oxidation sites excluding steroid dienone is 1. The normalized spacial score (nSPS) is 16.4. The van der Waals surface area contributed by atoms with Gasteiger partial charge in [0.25, 0.3) is 0 Å². The Hall–Kier alpha value is -2.46. The Labute approximate surface area is 133 Å². The van der Waals surface area contributed by atoms with Crippen molar-refractivity contribution in [3.63, 3.8) is 0 Å². The maximum atomic E-state index is 9.93. The average molecular weight is 306 g/mol. The monoisotopic (exact) mass is 306 g/mol. The van der Waals surface area contributed by atoms with Gasteiger partial charge in [-0.15, -0.1) is 12.6 Å². The summed E-state index contributed by atoms with van der Waals surface area (Å²) in [5.74, 6) is 1.12. The first-order valence-corrected chi connectivity index (χ1v) is 7.51. The smallest absolute Gasteiger partial charge is 0.129 e. The maximum absolute atomic E-state index is 9.93. The highest BCUT2D eigenvalue weighted by Crippen LogP contribution is 2.48. The molecule has 0 fully saturated rings. The molecule has 4 rings (SSSR count). The van der Waals surface area contributed by atoms with E-state index in [9.17, 15) is 5.11 Å². The minimum Gasteiger partial charge on any atom is -0.507 e. The van der Waals surface area contributed by atoms with E-state index in [0.717, 1.165) is 28.1 Å². The van der Waals surface area contributed by atoms with E-state index in [-0.39, 0.29) is 11.7 Å². The summed E-state index contributed by atoms with van der Waals surface area (Å²) in [6.07, 6.45) is 5.69. The second-order valence-electron chi connectivity index (χ2n) is 5.31. The molecule has 2 N–H and O–H groups in total. The zero-order valence-electron chi connectivity index (χ0n) is 11.7. The van der Waals surface area contributed by atoms with Crippen LogP contribution in [0.4, 0.5) is 0 Å². The molecule has 0 bridgehead atoms. The first-order valence-electron chi connectivity index (χ1n) is 7.07. The Bertz CT molecular complexity index is 854. The molecule has 1 unspecified atom stereocenters. The molecule has 1 heterocycles. The van der Waals surface area contributed by atoms with E-state index in [0.29, 0.717) is 4.90 Å². The fraction of sp³-hybridized carbons (Fsp3) is 0.0556. The number of thiol groups is 1. The van der Waals surface area contributed by atoms with Crippen LogP contribution in [0.25, 0.3) is 11.6 Å². The van der Waals surface area contributed by atoms with Gasteiger partial charge in [0.05, 0.1) is 10.8 Å². The second-order valence-corrected chi connectivity index (χ2v) is 5.76. The van der Waals surface area contributed by atoms with Gasteiger partial charge in [0.2, 0.25) is 0 Å².